The van der Waals surface area contributed by atoms with Crippen molar-refractivity contribution in [3.8, 4) is 6.07 Å². The van der Waals surface area contributed by atoms with Crippen LogP contribution in [-0.2, 0) is 10.3 Å². The van der Waals surface area contributed by atoms with Gasteiger partial charge in [0.2, 0.25) is 0 Å². The van der Waals surface area contributed by atoms with Gasteiger partial charge in [0.15, 0.2) is 0 Å². The average molecular weight is 489 g/mol. The lowest BCUT2D eigenvalue weighted by atomic mass is 9.76. The summed E-state index contributed by atoms with van der Waals surface area (Å²) in [6.07, 6.45) is 8.19. The first kappa shape index (κ1) is 19.8. The van der Waals surface area contributed by atoms with Crippen LogP contribution in [0.25, 0.3) is 6.08 Å². The molecule has 0 spiro atoms. The molecule has 0 unspecified atom stereocenters. The van der Waals surface area contributed by atoms with Gasteiger partial charge < -0.3 is 5.32 Å². The number of nitrogens with zero attached hydrogens (tertiary/aromatic N) is 2. The molecule has 1 heterocycles. The number of hydrogen-bond acceptors (Lipinski definition) is 3. The molecule has 0 bridgehead atoms. The summed E-state index contributed by atoms with van der Waals surface area (Å²) in [4.78, 5) is 17.2. The van der Waals surface area contributed by atoms with E-state index < -0.39 is 5.54 Å². The third kappa shape index (κ3) is 4.66. The van der Waals surface area contributed by atoms with Gasteiger partial charge in [-0.25, -0.2) is 0 Å². The average Bonchev–Trinajstić information content (AvgIpc) is 2.69. The number of carbonyl (C=O) groups excluding carboxylic acids is 1. The zero-order valence-corrected chi connectivity index (χ0v) is 17.9. The van der Waals surface area contributed by atoms with Crippen molar-refractivity contribution in [2.45, 2.75) is 37.6 Å². The molecule has 1 saturated carbocycles. The van der Waals surface area contributed by atoms with Crippen LogP contribution in [0.4, 0.5) is 0 Å². The van der Waals surface area contributed by atoms with Crippen molar-refractivity contribution in [2.24, 2.45) is 0 Å². The van der Waals surface area contributed by atoms with Crippen LogP contribution in [-0.4, -0.2) is 10.9 Å². The maximum Gasteiger partial charge on any atom is 0.262 e. The second-order valence-corrected chi connectivity index (χ2v) is 8.42. The van der Waals surface area contributed by atoms with Crippen molar-refractivity contribution >= 4 is 43.8 Å². The zero-order valence-electron chi connectivity index (χ0n) is 14.7. The van der Waals surface area contributed by atoms with E-state index in [-0.39, 0.29) is 11.5 Å². The van der Waals surface area contributed by atoms with Gasteiger partial charge in [-0.1, -0.05) is 49.6 Å². The first-order valence-electron chi connectivity index (χ1n) is 8.85. The highest BCUT2D eigenvalue weighted by Crippen LogP contribution is 2.37. The Labute approximate surface area is 176 Å². The summed E-state index contributed by atoms with van der Waals surface area (Å²) in [5.74, 6) is -0.361. The van der Waals surface area contributed by atoms with Crippen LogP contribution in [0.2, 0.25) is 0 Å². The fraction of sp³-hybridized carbons (Fsp3) is 0.286. The standard InChI is InChI=1S/C21H19Br2N3O/c22-17-12-18(23)19(25-14-17)11-15(13-24)20(27)26-21(9-5-2-6-10-21)16-7-3-1-4-8-16/h1,3-4,7-8,11-12,14H,2,5-6,9-10H2,(H,26,27)/b15-11+. The molecule has 3 rings (SSSR count). The normalized spacial score (nSPS) is 16.4. The van der Waals surface area contributed by atoms with E-state index in [4.69, 9.17) is 0 Å². The molecule has 4 nitrogen and oxygen atoms in total. The number of nitrogens with one attached hydrogen (secondary N) is 1. The smallest absolute Gasteiger partial charge is 0.262 e. The molecule has 0 saturated heterocycles. The van der Waals surface area contributed by atoms with E-state index in [2.05, 4.69) is 42.2 Å². The van der Waals surface area contributed by atoms with Gasteiger partial charge in [-0.3, -0.25) is 9.78 Å². The van der Waals surface area contributed by atoms with E-state index in [1.807, 2.05) is 42.5 Å². The van der Waals surface area contributed by atoms with Crippen LogP contribution in [0.15, 0.2) is 57.1 Å². The van der Waals surface area contributed by atoms with E-state index in [9.17, 15) is 10.1 Å². The Morgan fingerprint density at radius 2 is 1.89 bits per heavy atom. The van der Waals surface area contributed by atoms with Crippen LogP contribution in [0.3, 0.4) is 0 Å². The van der Waals surface area contributed by atoms with Gasteiger partial charge in [-0.05, 0) is 62.4 Å². The molecule has 2 aromatic rings. The summed E-state index contributed by atoms with van der Waals surface area (Å²) in [5.41, 5.74) is 1.27. The molecule has 0 radical (unpaired) electrons. The van der Waals surface area contributed by atoms with E-state index in [1.165, 1.54) is 12.5 Å². The summed E-state index contributed by atoms with van der Waals surface area (Å²) >= 11 is 6.77. The van der Waals surface area contributed by atoms with Gasteiger partial charge in [-0.15, -0.1) is 0 Å². The van der Waals surface area contributed by atoms with Crippen LogP contribution in [0, 0.1) is 11.3 Å². The molecule has 27 heavy (non-hydrogen) atoms. The first-order chi connectivity index (χ1) is 13.0. The van der Waals surface area contributed by atoms with Crippen LogP contribution in [0.5, 0.6) is 0 Å². The first-order valence-corrected chi connectivity index (χ1v) is 10.4. The zero-order chi connectivity index (χ0) is 19.3. The topological polar surface area (TPSA) is 65.8 Å². The van der Waals surface area contributed by atoms with E-state index >= 15 is 0 Å². The number of amides is 1. The molecule has 1 aliphatic carbocycles. The highest BCUT2D eigenvalue weighted by molar-refractivity contribution is 9.11. The molecule has 1 aromatic heterocycles. The van der Waals surface area contributed by atoms with Gasteiger partial charge in [0, 0.05) is 15.1 Å². The van der Waals surface area contributed by atoms with Crippen LogP contribution < -0.4 is 5.32 Å². The number of rotatable bonds is 4. The number of aromatic nitrogens is 1. The lowest BCUT2D eigenvalue weighted by Crippen LogP contribution is -2.47. The third-order valence-corrected chi connectivity index (χ3v) is 5.94. The molecule has 1 aromatic carbocycles. The SMILES string of the molecule is N#C/C(=C\c1ncc(Br)cc1Br)C(=O)NC1(c2ccccc2)CCCCC1. The third-order valence-electron chi connectivity index (χ3n) is 4.87. The molecule has 1 aliphatic rings. The Balaban J connectivity index is 1.90. The van der Waals surface area contributed by atoms with Gasteiger partial charge in [0.1, 0.15) is 11.6 Å². The molecule has 1 fully saturated rings. The number of nitriles is 1. The van der Waals surface area contributed by atoms with Crippen molar-refractivity contribution in [3.63, 3.8) is 0 Å². The summed E-state index contributed by atoms with van der Waals surface area (Å²) in [6, 6.07) is 13.9. The highest BCUT2D eigenvalue weighted by atomic mass is 79.9. The van der Waals surface area contributed by atoms with Crippen molar-refractivity contribution in [3.05, 3.63) is 68.4 Å². The molecule has 0 aliphatic heterocycles. The summed E-state index contributed by atoms with van der Waals surface area (Å²) < 4.78 is 1.53. The molecular weight excluding hydrogens is 470 g/mol. The van der Waals surface area contributed by atoms with Gasteiger partial charge in [0.25, 0.3) is 5.91 Å². The Bertz CT molecular complexity index is 897. The molecule has 1 amide bonds. The predicted octanol–water partition coefficient (Wildman–Crippen LogP) is 5.49. The number of hydrogen-bond donors (Lipinski definition) is 1. The summed E-state index contributed by atoms with van der Waals surface area (Å²) in [6.45, 7) is 0. The minimum Gasteiger partial charge on any atom is -0.342 e. The minimum absolute atomic E-state index is 0.0476. The second-order valence-electron chi connectivity index (χ2n) is 6.65. The molecular formula is C21H19Br2N3O. The van der Waals surface area contributed by atoms with Crippen LogP contribution >= 0.6 is 31.9 Å². The highest BCUT2D eigenvalue weighted by Gasteiger charge is 2.35. The van der Waals surface area contributed by atoms with Crippen molar-refractivity contribution in [1.82, 2.24) is 10.3 Å². The summed E-state index contributed by atoms with van der Waals surface area (Å²) in [5, 5.41) is 12.7. The lowest BCUT2D eigenvalue weighted by Gasteiger charge is -2.38. The Kier molecular flexibility index (Phi) is 6.46. The molecule has 6 heteroatoms. The number of pyridine rings is 1. The van der Waals surface area contributed by atoms with Gasteiger partial charge in [-0.2, -0.15) is 5.26 Å². The maximum atomic E-state index is 12.9. The number of halogens is 2. The van der Waals surface area contributed by atoms with Gasteiger partial charge in [0.05, 0.1) is 11.2 Å². The lowest BCUT2D eigenvalue weighted by molar-refractivity contribution is -0.119. The minimum atomic E-state index is -0.420. The second kappa shape index (κ2) is 8.81. The Morgan fingerprint density at radius 1 is 1.19 bits per heavy atom. The molecule has 1 N–H and O–H groups in total. The van der Waals surface area contributed by atoms with Gasteiger partial charge >= 0.3 is 0 Å². The van der Waals surface area contributed by atoms with Crippen molar-refractivity contribution in [1.29, 1.82) is 5.26 Å². The molecule has 138 valence electrons. The van der Waals surface area contributed by atoms with E-state index in [1.54, 1.807) is 6.20 Å². The Hall–Kier alpha value is -1.97. The van der Waals surface area contributed by atoms with Crippen molar-refractivity contribution < 1.29 is 4.79 Å². The quantitative estimate of drug-likeness (QED) is 0.457. The largest absolute Gasteiger partial charge is 0.342 e. The van der Waals surface area contributed by atoms with Crippen molar-refractivity contribution in [2.75, 3.05) is 0 Å². The Morgan fingerprint density at radius 3 is 2.52 bits per heavy atom. The van der Waals surface area contributed by atoms with Crippen LogP contribution in [0.1, 0.15) is 43.4 Å². The maximum absolute atomic E-state index is 12.9. The molecule has 0 atom stereocenters. The van der Waals surface area contributed by atoms with E-state index in [0.717, 1.165) is 35.7 Å². The fourth-order valence-electron chi connectivity index (χ4n) is 3.50. The summed E-state index contributed by atoms with van der Waals surface area (Å²) in [7, 11) is 0. The number of benzene rings is 1. The fourth-order valence-corrected chi connectivity index (χ4v) is 4.60. The predicted molar refractivity (Wildman–Crippen MR) is 113 cm³/mol. The van der Waals surface area contributed by atoms with E-state index in [0.29, 0.717) is 10.2 Å². The monoisotopic (exact) mass is 487 g/mol. The number of carbonyl (C=O) groups is 1.